The summed E-state index contributed by atoms with van der Waals surface area (Å²) < 4.78 is 0. The van der Waals surface area contributed by atoms with Gasteiger partial charge < -0.3 is 10.6 Å². The van der Waals surface area contributed by atoms with Crippen molar-refractivity contribution in [3.63, 3.8) is 0 Å². The Labute approximate surface area is 102 Å². The van der Waals surface area contributed by atoms with Crippen LogP contribution in [-0.4, -0.2) is 12.0 Å². The SMILES string of the molecule is Cc1cc(C)cc(N(C)c2ccc(N)nc2)c1. The summed E-state index contributed by atoms with van der Waals surface area (Å²) in [5.74, 6) is 0.544. The number of nitrogens with two attached hydrogens (primary N) is 1. The third kappa shape index (κ3) is 2.56. The van der Waals surface area contributed by atoms with Crippen LogP contribution in [0.1, 0.15) is 11.1 Å². The Morgan fingerprint density at radius 2 is 1.65 bits per heavy atom. The molecular weight excluding hydrogens is 210 g/mol. The molecule has 2 N–H and O–H groups in total. The predicted molar refractivity (Wildman–Crippen MR) is 72.6 cm³/mol. The molecule has 0 radical (unpaired) electrons. The van der Waals surface area contributed by atoms with Crippen molar-refractivity contribution in [2.75, 3.05) is 17.7 Å². The van der Waals surface area contributed by atoms with E-state index in [9.17, 15) is 0 Å². The van der Waals surface area contributed by atoms with Crippen LogP contribution in [0.2, 0.25) is 0 Å². The highest BCUT2D eigenvalue weighted by atomic mass is 15.1. The summed E-state index contributed by atoms with van der Waals surface area (Å²) in [6.07, 6.45) is 1.78. The van der Waals surface area contributed by atoms with Crippen molar-refractivity contribution in [2.24, 2.45) is 0 Å². The number of benzene rings is 1. The van der Waals surface area contributed by atoms with Crippen LogP contribution in [0.4, 0.5) is 17.2 Å². The molecule has 0 aliphatic rings. The lowest BCUT2D eigenvalue weighted by atomic mass is 10.1. The maximum absolute atomic E-state index is 5.58. The van der Waals surface area contributed by atoms with E-state index in [2.05, 4.69) is 41.9 Å². The van der Waals surface area contributed by atoms with Gasteiger partial charge in [-0.25, -0.2) is 4.98 Å². The smallest absolute Gasteiger partial charge is 0.123 e. The standard InChI is InChI=1S/C14H17N3/c1-10-6-11(2)8-13(7-10)17(3)12-4-5-14(15)16-9-12/h4-9H,1-3H3,(H2,15,16). The summed E-state index contributed by atoms with van der Waals surface area (Å²) in [5.41, 5.74) is 10.3. The highest BCUT2D eigenvalue weighted by molar-refractivity contribution is 5.63. The third-order valence-corrected chi connectivity index (χ3v) is 2.75. The van der Waals surface area contributed by atoms with E-state index in [0.717, 1.165) is 11.4 Å². The minimum Gasteiger partial charge on any atom is -0.384 e. The minimum atomic E-state index is 0.544. The number of aryl methyl sites for hydroxylation is 2. The summed E-state index contributed by atoms with van der Waals surface area (Å²) >= 11 is 0. The van der Waals surface area contributed by atoms with Crippen molar-refractivity contribution >= 4 is 17.2 Å². The largest absolute Gasteiger partial charge is 0.384 e. The third-order valence-electron chi connectivity index (χ3n) is 2.75. The van der Waals surface area contributed by atoms with Crippen LogP contribution < -0.4 is 10.6 Å². The van der Waals surface area contributed by atoms with Crippen LogP contribution in [0.3, 0.4) is 0 Å². The molecule has 1 heterocycles. The molecule has 0 spiro atoms. The van der Waals surface area contributed by atoms with Crippen LogP contribution >= 0.6 is 0 Å². The van der Waals surface area contributed by atoms with Crippen LogP contribution in [0.15, 0.2) is 36.5 Å². The summed E-state index contributed by atoms with van der Waals surface area (Å²) in [7, 11) is 2.03. The van der Waals surface area contributed by atoms with Crippen LogP contribution in [-0.2, 0) is 0 Å². The highest BCUT2D eigenvalue weighted by Crippen LogP contribution is 2.25. The van der Waals surface area contributed by atoms with E-state index in [0.29, 0.717) is 5.82 Å². The van der Waals surface area contributed by atoms with Crippen molar-refractivity contribution in [3.05, 3.63) is 47.7 Å². The lowest BCUT2D eigenvalue weighted by molar-refractivity contribution is 1.17. The van der Waals surface area contributed by atoms with Gasteiger partial charge in [0.05, 0.1) is 11.9 Å². The first-order valence-corrected chi connectivity index (χ1v) is 5.60. The zero-order chi connectivity index (χ0) is 12.4. The second-order valence-corrected chi connectivity index (χ2v) is 4.35. The van der Waals surface area contributed by atoms with Gasteiger partial charge >= 0.3 is 0 Å². The van der Waals surface area contributed by atoms with Gasteiger partial charge in [0.25, 0.3) is 0 Å². The monoisotopic (exact) mass is 227 g/mol. The molecule has 0 atom stereocenters. The maximum Gasteiger partial charge on any atom is 0.123 e. The Bertz CT molecular complexity index is 497. The fourth-order valence-corrected chi connectivity index (χ4v) is 1.89. The molecule has 0 aliphatic carbocycles. The first-order chi connectivity index (χ1) is 8.06. The van der Waals surface area contributed by atoms with Crippen molar-refractivity contribution in [1.29, 1.82) is 0 Å². The molecule has 88 valence electrons. The fraction of sp³-hybridized carbons (Fsp3) is 0.214. The van der Waals surface area contributed by atoms with Crippen LogP contribution in [0.5, 0.6) is 0 Å². The van der Waals surface area contributed by atoms with E-state index < -0.39 is 0 Å². The topological polar surface area (TPSA) is 42.1 Å². The molecule has 1 aromatic heterocycles. The molecule has 3 heteroatoms. The number of aromatic nitrogens is 1. The van der Waals surface area contributed by atoms with Crippen LogP contribution in [0.25, 0.3) is 0 Å². The average Bonchev–Trinajstić information content (AvgIpc) is 2.28. The minimum absolute atomic E-state index is 0.544. The van der Waals surface area contributed by atoms with Gasteiger partial charge in [-0.15, -0.1) is 0 Å². The van der Waals surface area contributed by atoms with E-state index in [1.165, 1.54) is 11.1 Å². The van der Waals surface area contributed by atoms with Gasteiger partial charge in [-0.1, -0.05) is 6.07 Å². The Balaban J connectivity index is 2.36. The van der Waals surface area contributed by atoms with Crippen molar-refractivity contribution in [1.82, 2.24) is 4.98 Å². The zero-order valence-electron chi connectivity index (χ0n) is 10.4. The Morgan fingerprint density at radius 3 is 2.18 bits per heavy atom. The molecule has 3 nitrogen and oxygen atoms in total. The number of nitrogens with zero attached hydrogens (tertiary/aromatic N) is 2. The summed E-state index contributed by atoms with van der Waals surface area (Å²) in [4.78, 5) is 6.21. The molecule has 0 unspecified atom stereocenters. The van der Waals surface area contributed by atoms with Gasteiger partial charge in [0, 0.05) is 12.7 Å². The first kappa shape index (κ1) is 11.5. The summed E-state index contributed by atoms with van der Waals surface area (Å²) in [6.45, 7) is 4.21. The van der Waals surface area contributed by atoms with Gasteiger partial charge in [-0.2, -0.15) is 0 Å². The lowest BCUT2D eigenvalue weighted by Crippen LogP contribution is -2.10. The van der Waals surface area contributed by atoms with Crippen molar-refractivity contribution in [3.8, 4) is 0 Å². The summed E-state index contributed by atoms with van der Waals surface area (Å²) in [6, 6.07) is 10.3. The lowest BCUT2D eigenvalue weighted by Gasteiger charge is -2.20. The Hall–Kier alpha value is -2.03. The van der Waals surface area contributed by atoms with Gasteiger partial charge in [0.2, 0.25) is 0 Å². The molecule has 0 fully saturated rings. The quantitative estimate of drug-likeness (QED) is 0.857. The zero-order valence-corrected chi connectivity index (χ0v) is 10.4. The van der Waals surface area contributed by atoms with E-state index in [4.69, 9.17) is 5.73 Å². The van der Waals surface area contributed by atoms with E-state index in [1.54, 1.807) is 6.20 Å². The molecule has 17 heavy (non-hydrogen) atoms. The normalized spacial score (nSPS) is 10.3. The molecule has 2 aromatic rings. The molecule has 0 amide bonds. The number of hydrogen-bond acceptors (Lipinski definition) is 3. The number of nitrogen functional groups attached to an aromatic ring is 1. The summed E-state index contributed by atoms with van der Waals surface area (Å²) in [5, 5.41) is 0. The predicted octanol–water partition coefficient (Wildman–Crippen LogP) is 3.05. The Morgan fingerprint density at radius 1 is 1.00 bits per heavy atom. The second kappa shape index (κ2) is 4.45. The number of pyridine rings is 1. The molecule has 0 saturated carbocycles. The molecule has 1 aromatic carbocycles. The fourth-order valence-electron chi connectivity index (χ4n) is 1.89. The van der Waals surface area contributed by atoms with Crippen LogP contribution in [0, 0.1) is 13.8 Å². The molecular formula is C14H17N3. The van der Waals surface area contributed by atoms with Gasteiger partial charge in [0.1, 0.15) is 5.82 Å². The number of rotatable bonds is 2. The van der Waals surface area contributed by atoms with Crippen molar-refractivity contribution < 1.29 is 0 Å². The van der Waals surface area contributed by atoms with E-state index >= 15 is 0 Å². The van der Waals surface area contributed by atoms with Gasteiger partial charge in [0.15, 0.2) is 0 Å². The molecule has 0 bridgehead atoms. The molecule has 2 rings (SSSR count). The van der Waals surface area contributed by atoms with E-state index in [-0.39, 0.29) is 0 Å². The number of anilines is 3. The molecule has 0 saturated heterocycles. The van der Waals surface area contributed by atoms with Crippen molar-refractivity contribution in [2.45, 2.75) is 13.8 Å². The average molecular weight is 227 g/mol. The highest BCUT2D eigenvalue weighted by Gasteiger charge is 2.05. The second-order valence-electron chi connectivity index (χ2n) is 4.35. The van der Waals surface area contributed by atoms with E-state index in [1.807, 2.05) is 19.2 Å². The maximum atomic E-state index is 5.58. The van der Waals surface area contributed by atoms with Gasteiger partial charge in [-0.05, 0) is 49.2 Å². The molecule has 0 aliphatic heterocycles. The van der Waals surface area contributed by atoms with Gasteiger partial charge in [-0.3, -0.25) is 0 Å². The Kier molecular flexibility index (Phi) is 3.00. The first-order valence-electron chi connectivity index (χ1n) is 5.60. The number of hydrogen-bond donors (Lipinski definition) is 1.